The second kappa shape index (κ2) is 5.65. The standard InChI is InChI=1S/C19H17ClN4/c20-12-5-3-4-11(8-12)18-15-10-23-19(22)17(15)14(9-21)13-6-1-2-7-16(13)24-18/h1-10,18,23-24H,21-22H2/b14-9-. The van der Waals surface area contributed by atoms with Crippen LogP contribution in [0.4, 0.5) is 11.5 Å². The van der Waals surface area contributed by atoms with Gasteiger partial charge in [-0.25, -0.2) is 0 Å². The summed E-state index contributed by atoms with van der Waals surface area (Å²) in [5, 5.41) is 4.31. The van der Waals surface area contributed by atoms with Crippen molar-refractivity contribution in [2.75, 3.05) is 11.1 Å². The Labute approximate surface area is 145 Å². The largest absolute Gasteiger partial charge is 0.404 e. The van der Waals surface area contributed by atoms with Crippen molar-refractivity contribution in [3.05, 3.63) is 88.2 Å². The Morgan fingerprint density at radius 1 is 1.08 bits per heavy atom. The molecule has 5 heteroatoms. The number of nitrogen functional groups attached to an aromatic ring is 1. The van der Waals surface area contributed by atoms with Crippen molar-refractivity contribution in [2.45, 2.75) is 6.04 Å². The van der Waals surface area contributed by atoms with Crippen LogP contribution in [0.1, 0.15) is 28.3 Å². The first-order chi connectivity index (χ1) is 11.7. The van der Waals surface area contributed by atoms with Crippen LogP contribution in [-0.4, -0.2) is 4.98 Å². The van der Waals surface area contributed by atoms with Gasteiger partial charge in [0.15, 0.2) is 0 Å². The van der Waals surface area contributed by atoms with Gasteiger partial charge in [-0.05, 0) is 23.8 Å². The van der Waals surface area contributed by atoms with Gasteiger partial charge < -0.3 is 21.8 Å². The molecule has 2 heterocycles. The van der Waals surface area contributed by atoms with Gasteiger partial charge in [0.1, 0.15) is 5.82 Å². The number of halogens is 1. The molecule has 4 nitrogen and oxygen atoms in total. The summed E-state index contributed by atoms with van der Waals surface area (Å²) in [7, 11) is 0. The molecule has 0 radical (unpaired) electrons. The number of benzene rings is 2. The molecule has 2 aromatic carbocycles. The van der Waals surface area contributed by atoms with E-state index in [0.29, 0.717) is 10.8 Å². The number of aromatic nitrogens is 1. The quantitative estimate of drug-likeness (QED) is 0.540. The van der Waals surface area contributed by atoms with Crippen molar-refractivity contribution in [3.63, 3.8) is 0 Å². The van der Waals surface area contributed by atoms with Crippen molar-refractivity contribution in [1.82, 2.24) is 4.98 Å². The van der Waals surface area contributed by atoms with E-state index in [1.165, 1.54) is 0 Å². The lowest BCUT2D eigenvalue weighted by molar-refractivity contribution is 0.943. The van der Waals surface area contributed by atoms with Gasteiger partial charge in [-0.3, -0.25) is 0 Å². The molecule has 0 aliphatic carbocycles. The summed E-state index contributed by atoms with van der Waals surface area (Å²) < 4.78 is 0. The first kappa shape index (κ1) is 14.7. The minimum Gasteiger partial charge on any atom is -0.404 e. The number of rotatable bonds is 1. The normalized spacial score (nSPS) is 17.7. The third kappa shape index (κ3) is 2.23. The number of nitrogens with two attached hydrogens (primary N) is 2. The summed E-state index contributed by atoms with van der Waals surface area (Å²) in [4.78, 5) is 3.12. The molecule has 0 saturated heterocycles. The fraction of sp³-hybridized carbons (Fsp3) is 0.0526. The highest BCUT2D eigenvalue weighted by Crippen LogP contribution is 2.43. The molecule has 0 amide bonds. The van der Waals surface area contributed by atoms with Crippen molar-refractivity contribution >= 4 is 28.7 Å². The number of hydrogen-bond acceptors (Lipinski definition) is 3. The Morgan fingerprint density at radius 3 is 2.71 bits per heavy atom. The second-order valence-corrected chi connectivity index (χ2v) is 6.23. The zero-order chi connectivity index (χ0) is 16.7. The summed E-state index contributed by atoms with van der Waals surface area (Å²) in [6.45, 7) is 0. The number of fused-ring (bicyclic) bond motifs is 2. The Balaban J connectivity index is 2.00. The van der Waals surface area contributed by atoms with Gasteiger partial charge in [0.2, 0.25) is 0 Å². The van der Waals surface area contributed by atoms with Crippen LogP contribution in [0.5, 0.6) is 0 Å². The van der Waals surface area contributed by atoms with Crippen LogP contribution in [0.2, 0.25) is 5.02 Å². The predicted molar refractivity (Wildman–Crippen MR) is 99.8 cm³/mol. The van der Waals surface area contributed by atoms with E-state index < -0.39 is 0 Å². The fourth-order valence-electron chi connectivity index (χ4n) is 3.32. The molecular formula is C19H17ClN4. The predicted octanol–water partition coefficient (Wildman–Crippen LogP) is 4.11. The molecule has 1 aromatic heterocycles. The topological polar surface area (TPSA) is 79.9 Å². The van der Waals surface area contributed by atoms with Crippen LogP contribution >= 0.6 is 11.6 Å². The van der Waals surface area contributed by atoms with Gasteiger partial charge in [-0.15, -0.1) is 0 Å². The fourth-order valence-corrected chi connectivity index (χ4v) is 3.52. The van der Waals surface area contributed by atoms with E-state index in [1.54, 1.807) is 6.20 Å². The van der Waals surface area contributed by atoms with E-state index in [0.717, 1.165) is 33.5 Å². The maximum atomic E-state index is 6.22. The van der Waals surface area contributed by atoms with Gasteiger partial charge in [0, 0.05) is 45.4 Å². The zero-order valence-electron chi connectivity index (χ0n) is 12.9. The van der Waals surface area contributed by atoms with Crippen molar-refractivity contribution in [1.29, 1.82) is 0 Å². The lowest BCUT2D eigenvalue weighted by atomic mass is 9.93. The van der Waals surface area contributed by atoms with Crippen LogP contribution in [0.3, 0.4) is 0 Å². The third-order valence-corrected chi connectivity index (χ3v) is 4.62. The summed E-state index contributed by atoms with van der Waals surface area (Å²) in [6.07, 6.45) is 3.54. The number of anilines is 2. The Kier molecular flexibility index (Phi) is 3.47. The highest BCUT2D eigenvalue weighted by Gasteiger charge is 2.28. The summed E-state index contributed by atoms with van der Waals surface area (Å²) >= 11 is 6.20. The van der Waals surface area contributed by atoms with Crippen molar-refractivity contribution in [3.8, 4) is 0 Å². The minimum absolute atomic E-state index is 0.0779. The molecule has 24 heavy (non-hydrogen) atoms. The zero-order valence-corrected chi connectivity index (χ0v) is 13.6. The minimum atomic E-state index is -0.0779. The molecule has 4 rings (SSSR count). The Bertz CT molecular complexity index is 942. The van der Waals surface area contributed by atoms with E-state index >= 15 is 0 Å². The molecule has 0 fully saturated rings. The van der Waals surface area contributed by atoms with E-state index in [2.05, 4.69) is 16.4 Å². The molecule has 0 bridgehead atoms. The van der Waals surface area contributed by atoms with Crippen LogP contribution in [-0.2, 0) is 0 Å². The van der Waals surface area contributed by atoms with Gasteiger partial charge in [0.25, 0.3) is 0 Å². The molecule has 0 spiro atoms. The van der Waals surface area contributed by atoms with Crippen LogP contribution < -0.4 is 16.8 Å². The maximum absolute atomic E-state index is 6.22. The van der Waals surface area contributed by atoms with Gasteiger partial charge in [-0.2, -0.15) is 0 Å². The highest BCUT2D eigenvalue weighted by molar-refractivity contribution is 6.30. The van der Waals surface area contributed by atoms with Gasteiger partial charge in [-0.1, -0.05) is 41.9 Å². The average molecular weight is 337 g/mol. The number of para-hydroxylation sites is 1. The number of nitrogens with one attached hydrogen (secondary N) is 2. The number of H-pyrrole nitrogens is 1. The Hall–Kier alpha value is -2.85. The first-order valence-electron chi connectivity index (χ1n) is 7.69. The third-order valence-electron chi connectivity index (χ3n) is 4.39. The van der Waals surface area contributed by atoms with E-state index in [4.69, 9.17) is 23.1 Å². The molecule has 120 valence electrons. The lowest BCUT2D eigenvalue weighted by Gasteiger charge is -2.19. The summed E-state index contributed by atoms with van der Waals surface area (Å²) in [5.74, 6) is 0.604. The summed E-state index contributed by atoms with van der Waals surface area (Å²) in [6, 6.07) is 15.8. The molecule has 1 aliphatic rings. The monoisotopic (exact) mass is 336 g/mol. The van der Waals surface area contributed by atoms with E-state index in [1.807, 2.05) is 48.7 Å². The lowest BCUT2D eigenvalue weighted by Crippen LogP contribution is -2.11. The number of hydrogen-bond donors (Lipinski definition) is 4. The number of aromatic amines is 1. The van der Waals surface area contributed by atoms with Crippen molar-refractivity contribution in [2.24, 2.45) is 5.73 Å². The van der Waals surface area contributed by atoms with Crippen LogP contribution in [0, 0.1) is 0 Å². The highest BCUT2D eigenvalue weighted by atomic mass is 35.5. The molecule has 1 unspecified atom stereocenters. The maximum Gasteiger partial charge on any atom is 0.109 e. The SMILES string of the molecule is N/C=C1/c2ccccc2NC(c2cccc(Cl)c2)c2c[nH]c(N)c21. The summed E-state index contributed by atoms with van der Waals surface area (Å²) in [5.41, 5.74) is 18.2. The van der Waals surface area contributed by atoms with Gasteiger partial charge in [0.05, 0.1) is 6.04 Å². The van der Waals surface area contributed by atoms with E-state index in [9.17, 15) is 0 Å². The smallest absolute Gasteiger partial charge is 0.109 e. The molecule has 3 aromatic rings. The average Bonchev–Trinajstić information content (AvgIpc) is 2.89. The second-order valence-electron chi connectivity index (χ2n) is 5.79. The Morgan fingerprint density at radius 2 is 1.92 bits per heavy atom. The molecule has 1 atom stereocenters. The van der Waals surface area contributed by atoms with Crippen LogP contribution in [0.25, 0.3) is 5.57 Å². The van der Waals surface area contributed by atoms with Crippen LogP contribution in [0.15, 0.2) is 60.9 Å². The van der Waals surface area contributed by atoms with Gasteiger partial charge >= 0.3 is 0 Å². The molecule has 0 saturated carbocycles. The van der Waals surface area contributed by atoms with Crippen molar-refractivity contribution < 1.29 is 0 Å². The molecular weight excluding hydrogens is 320 g/mol. The first-order valence-corrected chi connectivity index (χ1v) is 8.07. The molecule has 1 aliphatic heterocycles. The van der Waals surface area contributed by atoms with E-state index in [-0.39, 0.29) is 6.04 Å². The molecule has 6 N–H and O–H groups in total.